The molecule has 0 aliphatic carbocycles. The van der Waals surface area contributed by atoms with Crippen molar-refractivity contribution in [3.05, 3.63) is 132 Å². The highest BCUT2D eigenvalue weighted by Crippen LogP contribution is 2.31. The van der Waals surface area contributed by atoms with E-state index in [1.165, 1.54) is 42.5 Å². The Hall–Kier alpha value is -5.86. The number of carbonyl (C=O) groups is 2. The zero-order valence-corrected chi connectivity index (χ0v) is 27.3. The van der Waals surface area contributed by atoms with E-state index in [1.54, 1.807) is 36.4 Å². The van der Waals surface area contributed by atoms with E-state index in [0.717, 1.165) is 29.3 Å². The molecule has 0 aliphatic heterocycles. The lowest BCUT2D eigenvalue weighted by atomic mass is 10.2. The van der Waals surface area contributed by atoms with E-state index < -0.39 is 42.1 Å². The Morgan fingerprint density at radius 2 is 0.854 bits per heavy atom. The number of hydrogen-bond acceptors (Lipinski definition) is 8. The molecule has 5 aromatic carbocycles. The molecule has 0 aromatic heterocycles. The average molecular weight is 687 g/mol. The molecule has 5 rings (SSSR count). The van der Waals surface area contributed by atoms with Gasteiger partial charge in [-0.2, -0.15) is 16.8 Å². The van der Waals surface area contributed by atoms with Crippen molar-refractivity contribution in [3.8, 4) is 11.5 Å². The summed E-state index contributed by atoms with van der Waals surface area (Å²) < 4.78 is 63.9. The Morgan fingerprint density at radius 3 is 1.25 bits per heavy atom. The van der Waals surface area contributed by atoms with E-state index >= 15 is 0 Å². The highest BCUT2D eigenvalue weighted by molar-refractivity contribution is 7.88. The summed E-state index contributed by atoms with van der Waals surface area (Å²) in [4.78, 5) is 24.2. The minimum atomic E-state index is -4.60. The second-order valence-electron chi connectivity index (χ2n) is 10.4. The number of urea groups is 2. The Kier molecular flexibility index (Phi) is 9.96. The van der Waals surface area contributed by atoms with Gasteiger partial charge < -0.3 is 29.6 Å². The normalized spacial score (nSPS) is 11.2. The van der Waals surface area contributed by atoms with Gasteiger partial charge in [0.25, 0.3) is 0 Å². The lowest BCUT2D eigenvalue weighted by Crippen LogP contribution is -2.21. The summed E-state index contributed by atoms with van der Waals surface area (Å²) in [5.41, 5.74) is 3.16. The standard InChI is InChI=1S/C34H30N4O8S2/c1-23-14-18-25(19-15-23)35-33(39)37-29-10-3-5-12-31(29)45-47(41,42)27-8-7-9-28(22-27)48(43,44)46-32-13-6-4-11-30(32)38-34(40)36-26-20-16-24(2)17-21-26/h3-22H,1-2H3,(H2,35,37,39)(H2,36,38,40). The lowest BCUT2D eigenvalue weighted by Gasteiger charge is -2.14. The van der Waals surface area contributed by atoms with Crippen LogP contribution in [-0.4, -0.2) is 28.9 Å². The molecule has 0 saturated carbocycles. The van der Waals surface area contributed by atoms with Crippen molar-refractivity contribution in [3.63, 3.8) is 0 Å². The summed E-state index contributed by atoms with van der Waals surface area (Å²) in [5.74, 6) is -0.407. The zero-order valence-electron chi connectivity index (χ0n) is 25.6. The molecule has 0 fully saturated rings. The van der Waals surface area contributed by atoms with E-state index in [4.69, 9.17) is 8.37 Å². The molecule has 0 radical (unpaired) electrons. The summed E-state index contributed by atoms with van der Waals surface area (Å²) in [6, 6.07) is 29.0. The van der Waals surface area contributed by atoms with Gasteiger partial charge in [-0.3, -0.25) is 0 Å². The quantitative estimate of drug-likeness (QED) is 0.113. The summed E-state index contributed by atoms with van der Waals surface area (Å²) in [5, 5.41) is 10.4. The molecule has 12 nitrogen and oxygen atoms in total. The molecule has 0 bridgehead atoms. The van der Waals surface area contributed by atoms with Gasteiger partial charge in [0.2, 0.25) is 0 Å². The fourth-order valence-electron chi connectivity index (χ4n) is 4.25. The maximum absolute atomic E-state index is 13.3. The summed E-state index contributed by atoms with van der Waals surface area (Å²) in [7, 11) is -9.21. The van der Waals surface area contributed by atoms with Crippen molar-refractivity contribution >= 4 is 55.0 Å². The van der Waals surface area contributed by atoms with Crippen LogP contribution in [0.2, 0.25) is 0 Å². The van der Waals surface area contributed by atoms with E-state index in [9.17, 15) is 26.4 Å². The van der Waals surface area contributed by atoms with Gasteiger partial charge >= 0.3 is 32.3 Å². The fourth-order valence-corrected chi connectivity index (χ4v) is 6.31. The third-order valence-electron chi connectivity index (χ3n) is 6.67. The first-order valence-corrected chi connectivity index (χ1v) is 17.2. The number of amides is 4. The molecule has 0 aliphatic rings. The highest BCUT2D eigenvalue weighted by atomic mass is 32.2. The molecular weight excluding hydrogens is 657 g/mol. The minimum absolute atomic E-state index is 0.0494. The average Bonchev–Trinajstić information content (AvgIpc) is 3.05. The first kappa shape index (κ1) is 33.5. The maximum atomic E-state index is 13.3. The molecule has 0 spiro atoms. The van der Waals surface area contributed by atoms with Gasteiger partial charge in [0.1, 0.15) is 9.79 Å². The van der Waals surface area contributed by atoms with Gasteiger partial charge in [0.15, 0.2) is 11.5 Å². The van der Waals surface area contributed by atoms with Gasteiger partial charge in [-0.25, -0.2) is 9.59 Å². The van der Waals surface area contributed by atoms with Crippen LogP contribution in [0.5, 0.6) is 11.5 Å². The molecule has 246 valence electrons. The Labute approximate surface area is 278 Å². The van der Waals surface area contributed by atoms with Gasteiger partial charge in [0, 0.05) is 11.4 Å². The van der Waals surface area contributed by atoms with Crippen LogP contribution in [0.25, 0.3) is 0 Å². The predicted molar refractivity (Wildman–Crippen MR) is 183 cm³/mol. The molecule has 0 unspecified atom stereocenters. The van der Waals surface area contributed by atoms with Crippen LogP contribution < -0.4 is 29.6 Å². The van der Waals surface area contributed by atoms with Crippen LogP contribution in [-0.2, 0) is 20.2 Å². The van der Waals surface area contributed by atoms with Crippen molar-refractivity contribution in [2.45, 2.75) is 23.6 Å². The number of carbonyl (C=O) groups excluding carboxylic acids is 2. The molecule has 14 heteroatoms. The molecular formula is C34H30N4O8S2. The van der Waals surface area contributed by atoms with E-state index in [1.807, 2.05) is 38.1 Å². The first-order valence-electron chi connectivity index (χ1n) is 14.3. The second-order valence-corrected chi connectivity index (χ2v) is 13.5. The van der Waals surface area contributed by atoms with E-state index in [-0.39, 0.29) is 22.9 Å². The summed E-state index contributed by atoms with van der Waals surface area (Å²) >= 11 is 0. The number of benzene rings is 5. The van der Waals surface area contributed by atoms with Gasteiger partial charge in [-0.15, -0.1) is 0 Å². The van der Waals surface area contributed by atoms with Crippen LogP contribution in [0.4, 0.5) is 32.3 Å². The molecule has 0 saturated heterocycles. The fraction of sp³-hybridized carbons (Fsp3) is 0.0588. The molecule has 48 heavy (non-hydrogen) atoms. The summed E-state index contributed by atoms with van der Waals surface area (Å²) in [6.07, 6.45) is 0. The number of hydrogen-bond donors (Lipinski definition) is 4. The molecule has 0 atom stereocenters. The van der Waals surface area contributed by atoms with Crippen LogP contribution in [0.1, 0.15) is 11.1 Å². The van der Waals surface area contributed by atoms with Crippen LogP contribution >= 0.6 is 0 Å². The van der Waals surface area contributed by atoms with Gasteiger partial charge in [-0.05, 0) is 80.6 Å². The Morgan fingerprint density at radius 1 is 0.479 bits per heavy atom. The van der Waals surface area contributed by atoms with Gasteiger partial charge in [0.05, 0.1) is 11.4 Å². The largest absolute Gasteiger partial charge is 0.377 e. The van der Waals surface area contributed by atoms with Crippen molar-refractivity contribution in [1.82, 2.24) is 0 Å². The van der Waals surface area contributed by atoms with Crippen LogP contribution in [0.3, 0.4) is 0 Å². The highest BCUT2D eigenvalue weighted by Gasteiger charge is 2.25. The summed E-state index contributed by atoms with van der Waals surface area (Å²) in [6.45, 7) is 3.81. The minimum Gasteiger partial charge on any atom is -0.377 e. The predicted octanol–water partition coefficient (Wildman–Crippen LogP) is 7.13. The number of aryl methyl sites for hydroxylation is 2. The molecule has 4 amide bonds. The first-order chi connectivity index (χ1) is 22.9. The second kappa shape index (κ2) is 14.3. The van der Waals surface area contributed by atoms with Crippen molar-refractivity contribution in [2.24, 2.45) is 0 Å². The number of anilines is 4. The number of rotatable bonds is 10. The molecule has 5 aromatic rings. The van der Waals surface area contributed by atoms with Crippen LogP contribution in [0, 0.1) is 13.8 Å². The Balaban J connectivity index is 1.30. The van der Waals surface area contributed by atoms with Gasteiger partial charge in [-0.1, -0.05) is 65.7 Å². The molecule has 0 heterocycles. The van der Waals surface area contributed by atoms with Crippen molar-refractivity contribution in [2.75, 3.05) is 21.3 Å². The topological polar surface area (TPSA) is 169 Å². The smallest absolute Gasteiger partial charge is 0.339 e. The maximum Gasteiger partial charge on any atom is 0.339 e. The number of nitrogens with one attached hydrogen (secondary N) is 4. The molecule has 4 N–H and O–H groups in total. The third kappa shape index (κ3) is 8.69. The zero-order chi connectivity index (χ0) is 34.3. The number of para-hydroxylation sites is 4. The SMILES string of the molecule is Cc1ccc(NC(=O)Nc2ccccc2OS(=O)(=O)c2cccc(S(=O)(=O)Oc3ccccc3NC(=O)Nc3ccc(C)cc3)c2)cc1. The van der Waals surface area contributed by atoms with Crippen molar-refractivity contribution in [1.29, 1.82) is 0 Å². The van der Waals surface area contributed by atoms with E-state index in [2.05, 4.69) is 21.3 Å². The lowest BCUT2D eigenvalue weighted by molar-refractivity contribution is 0.261. The third-order valence-corrected chi connectivity index (χ3v) is 9.13. The Bertz CT molecular complexity index is 2020. The van der Waals surface area contributed by atoms with Crippen LogP contribution in [0.15, 0.2) is 131 Å². The van der Waals surface area contributed by atoms with E-state index in [0.29, 0.717) is 11.4 Å². The monoisotopic (exact) mass is 686 g/mol. The van der Waals surface area contributed by atoms with Crippen molar-refractivity contribution < 1.29 is 34.8 Å².